The fraction of sp³-hybridized carbons (Fsp3) is 0.533. The van der Waals surface area contributed by atoms with Crippen molar-refractivity contribution in [2.45, 2.75) is 18.9 Å². The van der Waals surface area contributed by atoms with Crippen molar-refractivity contribution < 1.29 is 14.3 Å². The minimum absolute atomic E-state index is 0. The van der Waals surface area contributed by atoms with Crippen LogP contribution >= 0.6 is 24.0 Å². The maximum Gasteiger partial charge on any atom is 0.255 e. The number of hydrogen-bond donors (Lipinski definition) is 2. The van der Waals surface area contributed by atoms with E-state index in [2.05, 4.69) is 10.6 Å². The van der Waals surface area contributed by atoms with Crippen LogP contribution in [0.5, 0.6) is 5.75 Å². The molecule has 22 heavy (non-hydrogen) atoms. The zero-order chi connectivity index (χ0) is 15.1. The second kappa shape index (κ2) is 9.90. The molecule has 1 aliphatic rings. The first-order chi connectivity index (χ1) is 10.2. The molecule has 1 amide bonds. The number of hydrogen-bond acceptors (Lipinski definition) is 4. The van der Waals surface area contributed by atoms with Gasteiger partial charge in [0.1, 0.15) is 12.4 Å². The average Bonchev–Trinajstić information content (AvgIpc) is 2.50. The van der Waals surface area contributed by atoms with Crippen LogP contribution in [-0.2, 0) is 4.74 Å². The number of carbonyl (C=O) groups is 1. The van der Waals surface area contributed by atoms with Crippen LogP contribution < -0.4 is 15.4 Å². The molecule has 1 unspecified atom stereocenters. The van der Waals surface area contributed by atoms with Gasteiger partial charge in [0.25, 0.3) is 5.91 Å². The maximum atomic E-state index is 12.4. The van der Waals surface area contributed by atoms with Gasteiger partial charge >= 0.3 is 0 Å². The zero-order valence-electron chi connectivity index (χ0n) is 12.6. The SMILES string of the molecule is COCCOc1ccc(Cl)cc1C(=O)NC1CCCNC1.Cl. The van der Waals surface area contributed by atoms with Crippen molar-refractivity contribution in [2.24, 2.45) is 0 Å². The minimum atomic E-state index is -0.154. The first kappa shape index (κ1) is 19.0. The Morgan fingerprint density at radius 2 is 2.27 bits per heavy atom. The molecule has 1 aliphatic heterocycles. The van der Waals surface area contributed by atoms with E-state index in [-0.39, 0.29) is 24.4 Å². The molecule has 0 aromatic heterocycles. The molecule has 0 saturated carbocycles. The summed E-state index contributed by atoms with van der Waals surface area (Å²) in [4.78, 5) is 12.4. The largest absolute Gasteiger partial charge is 0.490 e. The number of halogens is 2. The molecule has 1 fully saturated rings. The summed E-state index contributed by atoms with van der Waals surface area (Å²) in [5.41, 5.74) is 0.462. The van der Waals surface area contributed by atoms with Crippen LogP contribution in [0.25, 0.3) is 0 Å². The van der Waals surface area contributed by atoms with Crippen LogP contribution in [0.15, 0.2) is 18.2 Å². The summed E-state index contributed by atoms with van der Waals surface area (Å²) in [6.07, 6.45) is 2.05. The molecule has 0 bridgehead atoms. The molecule has 1 heterocycles. The topological polar surface area (TPSA) is 59.6 Å². The predicted molar refractivity (Wildman–Crippen MR) is 89.4 cm³/mol. The van der Waals surface area contributed by atoms with Crippen molar-refractivity contribution in [3.63, 3.8) is 0 Å². The second-order valence-corrected chi connectivity index (χ2v) is 5.43. The Balaban J connectivity index is 0.00000242. The lowest BCUT2D eigenvalue weighted by Crippen LogP contribution is -2.45. The van der Waals surface area contributed by atoms with Crippen LogP contribution in [0.3, 0.4) is 0 Å². The van der Waals surface area contributed by atoms with Gasteiger partial charge in [-0.3, -0.25) is 4.79 Å². The predicted octanol–water partition coefficient (Wildman–Crippen LogP) is 2.27. The fourth-order valence-corrected chi connectivity index (χ4v) is 2.45. The number of nitrogens with one attached hydrogen (secondary N) is 2. The van der Waals surface area contributed by atoms with Crippen molar-refractivity contribution in [1.82, 2.24) is 10.6 Å². The number of carbonyl (C=O) groups excluding carboxylic acids is 1. The van der Waals surface area contributed by atoms with E-state index >= 15 is 0 Å². The highest BCUT2D eigenvalue weighted by molar-refractivity contribution is 6.31. The molecule has 0 spiro atoms. The Morgan fingerprint density at radius 3 is 2.95 bits per heavy atom. The van der Waals surface area contributed by atoms with E-state index < -0.39 is 0 Å². The molecular weight excluding hydrogens is 327 g/mol. The van der Waals surface area contributed by atoms with Crippen LogP contribution in [0.2, 0.25) is 5.02 Å². The molecular formula is C15H22Cl2N2O3. The highest BCUT2D eigenvalue weighted by Gasteiger charge is 2.19. The lowest BCUT2D eigenvalue weighted by molar-refractivity contribution is 0.0923. The summed E-state index contributed by atoms with van der Waals surface area (Å²) in [5.74, 6) is 0.372. The van der Waals surface area contributed by atoms with Gasteiger partial charge in [0, 0.05) is 24.7 Å². The summed E-state index contributed by atoms with van der Waals surface area (Å²) in [6.45, 7) is 2.67. The molecule has 2 rings (SSSR count). The van der Waals surface area contributed by atoms with Gasteiger partial charge < -0.3 is 20.1 Å². The molecule has 0 radical (unpaired) electrons. The van der Waals surface area contributed by atoms with E-state index in [1.54, 1.807) is 25.3 Å². The average molecular weight is 349 g/mol. The van der Waals surface area contributed by atoms with Crippen LogP contribution in [-0.4, -0.2) is 45.4 Å². The van der Waals surface area contributed by atoms with Gasteiger partial charge in [0.05, 0.1) is 12.2 Å². The third-order valence-electron chi connectivity index (χ3n) is 3.36. The summed E-state index contributed by atoms with van der Waals surface area (Å²) < 4.78 is 10.5. The quantitative estimate of drug-likeness (QED) is 0.774. The molecule has 1 aromatic carbocycles. The summed E-state index contributed by atoms with van der Waals surface area (Å²) in [5, 5.41) is 6.81. The summed E-state index contributed by atoms with van der Waals surface area (Å²) >= 11 is 5.99. The zero-order valence-corrected chi connectivity index (χ0v) is 14.1. The third kappa shape index (κ3) is 5.65. The van der Waals surface area contributed by atoms with Gasteiger partial charge in [0.15, 0.2) is 0 Å². The maximum absolute atomic E-state index is 12.4. The van der Waals surface area contributed by atoms with Crippen molar-refractivity contribution in [3.8, 4) is 5.75 Å². The van der Waals surface area contributed by atoms with E-state index in [4.69, 9.17) is 21.1 Å². The number of amides is 1. The number of rotatable bonds is 6. The number of ether oxygens (including phenoxy) is 2. The summed E-state index contributed by atoms with van der Waals surface area (Å²) in [7, 11) is 1.61. The highest BCUT2D eigenvalue weighted by Crippen LogP contribution is 2.23. The van der Waals surface area contributed by atoms with Gasteiger partial charge in [-0.25, -0.2) is 0 Å². The Bertz CT molecular complexity index is 480. The molecule has 1 aromatic rings. The molecule has 7 heteroatoms. The minimum Gasteiger partial charge on any atom is -0.490 e. The van der Waals surface area contributed by atoms with Crippen LogP contribution in [0, 0.1) is 0 Å². The van der Waals surface area contributed by atoms with E-state index in [1.165, 1.54) is 0 Å². The third-order valence-corrected chi connectivity index (χ3v) is 3.60. The van der Waals surface area contributed by atoms with E-state index in [0.717, 1.165) is 25.9 Å². The van der Waals surface area contributed by atoms with Crippen molar-refractivity contribution in [1.29, 1.82) is 0 Å². The number of benzene rings is 1. The smallest absolute Gasteiger partial charge is 0.255 e. The Kier molecular flexibility index (Phi) is 8.56. The molecule has 1 atom stereocenters. The lowest BCUT2D eigenvalue weighted by Gasteiger charge is -2.24. The van der Waals surface area contributed by atoms with Gasteiger partial charge in [-0.2, -0.15) is 0 Å². The Labute approximate surface area is 142 Å². The van der Waals surface area contributed by atoms with Gasteiger partial charge in [0.2, 0.25) is 0 Å². The normalized spacial score (nSPS) is 17.5. The van der Waals surface area contributed by atoms with Crippen LogP contribution in [0.4, 0.5) is 0 Å². The first-order valence-corrected chi connectivity index (χ1v) is 7.51. The standard InChI is InChI=1S/C15H21ClN2O3.ClH/c1-20-7-8-21-14-5-4-11(16)9-13(14)15(19)18-12-3-2-6-17-10-12;/h4-5,9,12,17H,2-3,6-8,10H2,1H3,(H,18,19);1H. The van der Waals surface area contributed by atoms with E-state index in [9.17, 15) is 4.79 Å². The molecule has 124 valence electrons. The molecule has 2 N–H and O–H groups in total. The fourth-order valence-electron chi connectivity index (χ4n) is 2.28. The second-order valence-electron chi connectivity index (χ2n) is 5.00. The molecule has 0 aliphatic carbocycles. The molecule has 1 saturated heterocycles. The van der Waals surface area contributed by atoms with Gasteiger partial charge in [-0.15, -0.1) is 12.4 Å². The van der Waals surface area contributed by atoms with Crippen molar-refractivity contribution in [3.05, 3.63) is 28.8 Å². The Hall–Kier alpha value is -1.01. The number of methoxy groups -OCH3 is 1. The summed E-state index contributed by atoms with van der Waals surface area (Å²) in [6, 6.07) is 5.21. The Morgan fingerprint density at radius 1 is 1.45 bits per heavy atom. The molecule has 5 nitrogen and oxygen atoms in total. The van der Waals surface area contributed by atoms with E-state index in [0.29, 0.717) is 29.5 Å². The monoisotopic (exact) mass is 348 g/mol. The van der Waals surface area contributed by atoms with Crippen LogP contribution in [0.1, 0.15) is 23.2 Å². The van der Waals surface area contributed by atoms with E-state index in [1.807, 2.05) is 0 Å². The van der Waals surface area contributed by atoms with Crippen molar-refractivity contribution in [2.75, 3.05) is 33.4 Å². The van der Waals surface area contributed by atoms with Gasteiger partial charge in [-0.05, 0) is 37.6 Å². The lowest BCUT2D eigenvalue weighted by atomic mass is 10.1. The first-order valence-electron chi connectivity index (χ1n) is 7.13. The number of piperidine rings is 1. The van der Waals surface area contributed by atoms with Crippen molar-refractivity contribution >= 4 is 29.9 Å². The highest BCUT2D eigenvalue weighted by atomic mass is 35.5. The van der Waals surface area contributed by atoms with Gasteiger partial charge in [-0.1, -0.05) is 11.6 Å².